The molecule has 0 heterocycles. The van der Waals surface area contributed by atoms with E-state index < -0.39 is 0 Å². The minimum Gasteiger partial charge on any atom is -0.373 e. The van der Waals surface area contributed by atoms with Gasteiger partial charge in [0.05, 0.1) is 0 Å². The summed E-state index contributed by atoms with van der Waals surface area (Å²) in [7, 11) is 0. The van der Waals surface area contributed by atoms with Crippen molar-refractivity contribution in [1.82, 2.24) is 0 Å². The average Bonchev–Trinajstić information content (AvgIpc) is 0.918. The molecule has 0 N–H and O–H groups in total. The van der Waals surface area contributed by atoms with E-state index in [4.69, 9.17) is 11.1 Å². The van der Waals surface area contributed by atoms with Crippen molar-refractivity contribution in [1.29, 1.82) is 0 Å². The van der Waals surface area contributed by atoms with E-state index in [0.717, 1.165) is 0 Å². The van der Waals surface area contributed by atoms with Crippen LogP contribution in [0, 0.1) is 0 Å². The minimum absolute atomic E-state index is 0. The predicted molar refractivity (Wildman–Crippen MR) is 10.1 cm³/mol. The Kier molecular flexibility index (Phi) is 26.1. The Labute approximate surface area is 38.9 Å². The van der Waals surface area contributed by atoms with Crippen molar-refractivity contribution in [3.05, 3.63) is 16.0 Å². The van der Waals surface area contributed by atoms with Gasteiger partial charge in [-0.15, -0.1) is 0 Å². The summed E-state index contributed by atoms with van der Waals surface area (Å²) in [5.41, 5.74) is 13.5. The van der Waals surface area contributed by atoms with Gasteiger partial charge < -0.3 is 11.1 Å². The molecule has 0 aliphatic heterocycles. The second kappa shape index (κ2) is 11.6. The molecule has 0 bridgehead atoms. The molecule has 1 radical (unpaired) electrons. The van der Waals surface area contributed by atoms with Crippen LogP contribution in [0.4, 0.5) is 0 Å². The van der Waals surface area contributed by atoms with Gasteiger partial charge in [-0.05, 0) is 0 Å². The van der Waals surface area contributed by atoms with E-state index in [1.807, 2.05) is 0 Å². The third kappa shape index (κ3) is 895. The van der Waals surface area contributed by atoms with Crippen LogP contribution in [-0.4, -0.2) is 0 Å². The Hall–Kier alpha value is 0.0503. The second-order valence-electron chi connectivity index (χ2n) is 0.0894. The standard InChI is InChI=1S/N3.Nb/c1-3-2;/q-1;. The third-order valence-electron chi connectivity index (χ3n) is 0. The first-order chi connectivity index (χ1) is 1.41. The molecule has 0 aliphatic rings. The van der Waals surface area contributed by atoms with Gasteiger partial charge in [0.25, 0.3) is 0 Å². The fourth-order valence-electron chi connectivity index (χ4n) is 0. The van der Waals surface area contributed by atoms with Gasteiger partial charge in [0.2, 0.25) is 0 Å². The Morgan fingerprint density at radius 3 is 1.25 bits per heavy atom. The molecule has 3 nitrogen and oxygen atoms in total. The smallest absolute Gasteiger partial charge is 0 e. The molecule has 0 rings (SSSR count). The van der Waals surface area contributed by atoms with E-state index in [9.17, 15) is 0 Å². The summed E-state index contributed by atoms with van der Waals surface area (Å²) in [6.07, 6.45) is 0. The summed E-state index contributed by atoms with van der Waals surface area (Å²) in [5.74, 6) is 0. The topological polar surface area (TPSA) is 58.7 Å². The molecule has 0 amide bonds. The van der Waals surface area contributed by atoms with Crippen molar-refractivity contribution in [3.63, 3.8) is 0 Å². The summed E-state index contributed by atoms with van der Waals surface area (Å²) in [5, 5.41) is 0. The third-order valence-corrected chi connectivity index (χ3v) is 0. The molecule has 0 saturated carbocycles. The van der Waals surface area contributed by atoms with Crippen LogP contribution in [0.2, 0.25) is 0 Å². The Bertz CT molecular complexity index is 24.3. The van der Waals surface area contributed by atoms with Crippen LogP contribution in [0.15, 0.2) is 0 Å². The van der Waals surface area contributed by atoms with Gasteiger partial charge in [-0.2, -0.15) is 0 Å². The summed E-state index contributed by atoms with van der Waals surface area (Å²) in [6, 6.07) is 0. The van der Waals surface area contributed by atoms with Gasteiger partial charge in [-0.25, -0.2) is 0 Å². The molecule has 0 spiro atoms. The van der Waals surface area contributed by atoms with Crippen LogP contribution in [0.3, 0.4) is 0 Å². The SMILES string of the molecule is [N-]=[N+]=[N-].[Nb]. The molecular formula is N3Nb-. The number of hydrogen-bond acceptors (Lipinski definition) is 0. The van der Waals surface area contributed by atoms with Crippen LogP contribution in [0.25, 0.3) is 16.0 Å². The quantitative estimate of drug-likeness (QED) is 0.204. The molecule has 0 unspecified atom stereocenters. The Balaban J connectivity index is 0. The van der Waals surface area contributed by atoms with Crippen molar-refractivity contribution in [2.24, 2.45) is 0 Å². The summed E-state index contributed by atoms with van der Waals surface area (Å²) in [4.78, 5) is 1.50. The monoisotopic (exact) mass is 135 g/mol. The maximum absolute atomic E-state index is 6.75. The Morgan fingerprint density at radius 2 is 1.25 bits per heavy atom. The normalized spacial score (nSPS) is 2.00. The van der Waals surface area contributed by atoms with E-state index >= 15 is 0 Å². The van der Waals surface area contributed by atoms with Crippen LogP contribution in [0.5, 0.6) is 0 Å². The second-order valence-corrected chi connectivity index (χ2v) is 0.0894. The van der Waals surface area contributed by atoms with Crippen LogP contribution < -0.4 is 0 Å². The Morgan fingerprint density at radius 1 is 1.25 bits per heavy atom. The summed E-state index contributed by atoms with van der Waals surface area (Å²) >= 11 is 0. The van der Waals surface area contributed by atoms with Gasteiger partial charge in [0, 0.05) is 22.4 Å². The van der Waals surface area contributed by atoms with Crippen molar-refractivity contribution in [3.8, 4) is 0 Å². The molecule has 0 atom stereocenters. The van der Waals surface area contributed by atoms with E-state index in [1.165, 1.54) is 4.91 Å². The fourth-order valence-corrected chi connectivity index (χ4v) is 0. The van der Waals surface area contributed by atoms with Crippen LogP contribution in [0.1, 0.15) is 0 Å². The molecule has 0 aromatic rings. The largest absolute Gasteiger partial charge is 0.373 e. The maximum atomic E-state index is 6.75. The van der Waals surface area contributed by atoms with E-state index in [2.05, 4.69) is 0 Å². The van der Waals surface area contributed by atoms with Crippen LogP contribution >= 0.6 is 0 Å². The van der Waals surface area contributed by atoms with E-state index in [0.29, 0.717) is 0 Å². The first kappa shape index (κ1) is 8.96. The zero-order chi connectivity index (χ0) is 2.71. The molecule has 0 aromatic carbocycles. The van der Waals surface area contributed by atoms with Crippen molar-refractivity contribution >= 4 is 0 Å². The molecule has 4 heteroatoms. The molecule has 0 saturated heterocycles. The first-order valence-corrected chi connectivity index (χ1v) is 0.400. The van der Waals surface area contributed by atoms with Gasteiger partial charge in [0.1, 0.15) is 0 Å². The minimum atomic E-state index is 0. The fraction of sp³-hybridized carbons (Fsp3) is 0. The molecular weight excluding hydrogens is 135 g/mol. The van der Waals surface area contributed by atoms with Crippen LogP contribution in [-0.2, 0) is 22.4 Å². The average molecular weight is 135 g/mol. The summed E-state index contributed by atoms with van der Waals surface area (Å²) in [6.45, 7) is 0. The number of nitrogens with zero attached hydrogens (tertiary/aromatic N) is 3. The zero-order valence-corrected chi connectivity index (χ0v) is 3.99. The molecule has 0 aromatic heterocycles. The summed E-state index contributed by atoms with van der Waals surface area (Å²) < 4.78 is 0. The van der Waals surface area contributed by atoms with E-state index in [-0.39, 0.29) is 22.4 Å². The van der Waals surface area contributed by atoms with Gasteiger partial charge in [-0.3, -0.25) is 4.91 Å². The van der Waals surface area contributed by atoms with Gasteiger partial charge >= 0.3 is 0 Å². The molecule has 21 valence electrons. The van der Waals surface area contributed by atoms with Gasteiger partial charge in [0.15, 0.2) is 0 Å². The maximum Gasteiger partial charge on any atom is 0 e. The zero-order valence-electron chi connectivity index (χ0n) is 1.79. The van der Waals surface area contributed by atoms with Crippen molar-refractivity contribution in [2.75, 3.05) is 0 Å². The predicted octanol–water partition coefficient (Wildman–Crippen LogP) is 0.864. The van der Waals surface area contributed by atoms with Crippen molar-refractivity contribution in [2.45, 2.75) is 0 Å². The number of hydrogen-bond donors (Lipinski definition) is 0. The molecule has 0 fully saturated rings. The molecule has 4 heavy (non-hydrogen) atoms. The van der Waals surface area contributed by atoms with Gasteiger partial charge in [-0.1, -0.05) is 0 Å². The number of rotatable bonds is 0. The first-order valence-electron chi connectivity index (χ1n) is 0.400. The van der Waals surface area contributed by atoms with E-state index in [1.54, 1.807) is 0 Å². The molecule has 0 aliphatic carbocycles. The van der Waals surface area contributed by atoms with Crippen molar-refractivity contribution < 1.29 is 22.4 Å².